The number of nitrogens with one attached hydrogen (secondary N) is 1. The van der Waals surface area contributed by atoms with Crippen LogP contribution in [0.1, 0.15) is 13.3 Å². The molecule has 6 nitrogen and oxygen atoms in total. The van der Waals surface area contributed by atoms with Gasteiger partial charge in [-0.05, 0) is 37.2 Å². The van der Waals surface area contributed by atoms with E-state index in [-0.39, 0.29) is 11.5 Å². The van der Waals surface area contributed by atoms with Crippen molar-refractivity contribution in [2.45, 2.75) is 24.3 Å². The van der Waals surface area contributed by atoms with Crippen molar-refractivity contribution < 1.29 is 22.7 Å². The van der Waals surface area contributed by atoms with E-state index in [9.17, 15) is 13.2 Å². The van der Waals surface area contributed by atoms with Crippen molar-refractivity contribution in [2.75, 3.05) is 26.5 Å². The van der Waals surface area contributed by atoms with Crippen LogP contribution in [0.2, 0.25) is 0 Å². The second-order valence-corrected chi connectivity index (χ2v) is 6.60. The van der Waals surface area contributed by atoms with Gasteiger partial charge in [0.1, 0.15) is 18.4 Å². The quantitative estimate of drug-likeness (QED) is 0.721. The van der Waals surface area contributed by atoms with Gasteiger partial charge in [0, 0.05) is 6.26 Å². The molecule has 0 aliphatic rings. The molecule has 1 aromatic rings. The molecular formula is C14H21NO5S. The van der Waals surface area contributed by atoms with Gasteiger partial charge in [-0.3, -0.25) is 4.79 Å². The van der Waals surface area contributed by atoms with E-state index < -0.39 is 21.8 Å². The summed E-state index contributed by atoms with van der Waals surface area (Å²) < 4.78 is 32.9. The summed E-state index contributed by atoms with van der Waals surface area (Å²) in [6.07, 6.45) is 2.03. The molecule has 1 N–H and O–H groups in total. The molecule has 0 heterocycles. The van der Waals surface area contributed by atoms with Crippen molar-refractivity contribution in [3.05, 3.63) is 24.3 Å². The summed E-state index contributed by atoms with van der Waals surface area (Å²) in [5.74, 6) is 0.103. The predicted molar refractivity (Wildman–Crippen MR) is 79.1 cm³/mol. The van der Waals surface area contributed by atoms with Gasteiger partial charge in [0.2, 0.25) is 0 Å². The lowest BCUT2D eigenvalue weighted by molar-refractivity contribution is -0.143. The van der Waals surface area contributed by atoms with Crippen LogP contribution in [0.5, 0.6) is 5.75 Å². The van der Waals surface area contributed by atoms with Gasteiger partial charge in [-0.2, -0.15) is 0 Å². The maximum atomic E-state index is 11.6. The smallest absolute Gasteiger partial charge is 0.326 e. The van der Waals surface area contributed by atoms with E-state index in [4.69, 9.17) is 9.47 Å². The van der Waals surface area contributed by atoms with Crippen molar-refractivity contribution in [3.63, 3.8) is 0 Å². The third-order valence-electron chi connectivity index (χ3n) is 2.79. The molecule has 118 valence electrons. The normalized spacial score (nSPS) is 12.7. The van der Waals surface area contributed by atoms with E-state index >= 15 is 0 Å². The van der Waals surface area contributed by atoms with Crippen LogP contribution in [0.4, 0.5) is 0 Å². The van der Waals surface area contributed by atoms with Crippen LogP contribution in [0.15, 0.2) is 29.2 Å². The van der Waals surface area contributed by atoms with Crippen LogP contribution in [0, 0.1) is 0 Å². The number of carbonyl (C=O) groups is 1. The lowest BCUT2D eigenvalue weighted by Gasteiger charge is -2.16. The zero-order chi connectivity index (χ0) is 15.9. The Bertz CT molecular complexity index is 553. The molecule has 0 aliphatic carbocycles. The van der Waals surface area contributed by atoms with E-state index in [0.717, 1.165) is 12.7 Å². The standard InChI is InChI=1S/C14H21NO5S/c1-4-9-15-13(14(16)19-2)10-20-11-5-7-12(8-6-11)21(3,17)18/h5-8,13,15H,4,9-10H2,1-3H3. The Morgan fingerprint density at radius 2 is 1.90 bits per heavy atom. The minimum absolute atomic E-state index is 0.116. The molecule has 1 atom stereocenters. The highest BCUT2D eigenvalue weighted by atomic mass is 32.2. The average molecular weight is 315 g/mol. The summed E-state index contributed by atoms with van der Waals surface area (Å²) in [6, 6.07) is 5.51. The van der Waals surface area contributed by atoms with E-state index in [1.165, 1.54) is 19.2 Å². The lowest BCUT2D eigenvalue weighted by Crippen LogP contribution is -2.42. The van der Waals surface area contributed by atoms with Crippen LogP contribution in [-0.2, 0) is 19.4 Å². The SMILES string of the molecule is CCCNC(COc1ccc(S(C)(=O)=O)cc1)C(=O)OC. The number of esters is 1. The van der Waals surface area contributed by atoms with Gasteiger partial charge in [-0.1, -0.05) is 6.92 Å². The monoisotopic (exact) mass is 315 g/mol. The van der Waals surface area contributed by atoms with Crippen molar-refractivity contribution >= 4 is 15.8 Å². The first-order valence-electron chi connectivity index (χ1n) is 6.62. The Balaban J connectivity index is 2.65. The highest BCUT2D eigenvalue weighted by Gasteiger charge is 2.19. The van der Waals surface area contributed by atoms with Crippen LogP contribution < -0.4 is 10.1 Å². The average Bonchev–Trinajstić information content (AvgIpc) is 2.46. The Morgan fingerprint density at radius 1 is 1.29 bits per heavy atom. The van der Waals surface area contributed by atoms with Gasteiger partial charge in [0.25, 0.3) is 0 Å². The molecule has 1 unspecified atom stereocenters. The number of benzene rings is 1. The zero-order valence-electron chi connectivity index (χ0n) is 12.5. The maximum Gasteiger partial charge on any atom is 0.326 e. The molecule has 0 spiro atoms. The maximum absolute atomic E-state index is 11.6. The Kier molecular flexibility index (Phi) is 6.64. The van der Waals surface area contributed by atoms with Crippen LogP contribution in [0.3, 0.4) is 0 Å². The number of carbonyl (C=O) groups excluding carboxylic acids is 1. The Labute approximate surface area is 125 Å². The molecule has 0 radical (unpaired) electrons. The van der Waals surface area contributed by atoms with E-state index in [1.807, 2.05) is 6.92 Å². The first-order chi connectivity index (χ1) is 9.88. The van der Waals surface area contributed by atoms with Crippen molar-refractivity contribution in [1.29, 1.82) is 0 Å². The van der Waals surface area contributed by atoms with Gasteiger partial charge < -0.3 is 14.8 Å². The second-order valence-electron chi connectivity index (χ2n) is 4.58. The molecule has 0 aliphatic heterocycles. The van der Waals surface area contributed by atoms with Gasteiger partial charge >= 0.3 is 5.97 Å². The molecule has 0 saturated heterocycles. The topological polar surface area (TPSA) is 81.7 Å². The molecular weight excluding hydrogens is 294 g/mol. The minimum atomic E-state index is -3.22. The molecule has 21 heavy (non-hydrogen) atoms. The molecule has 0 fully saturated rings. The fourth-order valence-electron chi connectivity index (χ4n) is 1.63. The summed E-state index contributed by atoms with van der Waals surface area (Å²) in [4.78, 5) is 11.8. The first kappa shape index (κ1) is 17.5. The fraction of sp³-hybridized carbons (Fsp3) is 0.500. The van der Waals surface area contributed by atoms with E-state index in [1.54, 1.807) is 12.1 Å². The third-order valence-corrected chi connectivity index (χ3v) is 3.92. The zero-order valence-corrected chi connectivity index (χ0v) is 13.3. The van der Waals surface area contributed by atoms with Gasteiger partial charge in [-0.25, -0.2) is 8.42 Å². The molecule has 0 saturated carbocycles. The van der Waals surface area contributed by atoms with Crippen LogP contribution >= 0.6 is 0 Å². The van der Waals surface area contributed by atoms with E-state index in [2.05, 4.69) is 5.32 Å². The Morgan fingerprint density at radius 3 is 2.38 bits per heavy atom. The molecule has 1 rings (SSSR count). The number of hydrogen-bond donors (Lipinski definition) is 1. The van der Waals surface area contributed by atoms with Crippen molar-refractivity contribution in [1.82, 2.24) is 5.32 Å². The summed E-state index contributed by atoms with van der Waals surface area (Å²) in [6.45, 7) is 2.78. The highest BCUT2D eigenvalue weighted by Crippen LogP contribution is 2.16. The summed E-state index contributed by atoms with van der Waals surface area (Å²) in [5, 5.41) is 3.03. The predicted octanol–water partition coefficient (Wildman–Crippen LogP) is 1.01. The first-order valence-corrected chi connectivity index (χ1v) is 8.51. The van der Waals surface area contributed by atoms with Crippen LogP contribution in [-0.4, -0.2) is 46.9 Å². The third kappa shape index (κ3) is 5.73. The molecule has 7 heteroatoms. The van der Waals surface area contributed by atoms with Crippen LogP contribution in [0.25, 0.3) is 0 Å². The fourth-order valence-corrected chi connectivity index (χ4v) is 2.26. The number of methoxy groups -OCH3 is 1. The highest BCUT2D eigenvalue weighted by molar-refractivity contribution is 7.90. The lowest BCUT2D eigenvalue weighted by atomic mass is 10.3. The largest absolute Gasteiger partial charge is 0.491 e. The summed E-state index contributed by atoms with van der Waals surface area (Å²) in [7, 11) is -1.90. The number of rotatable bonds is 8. The summed E-state index contributed by atoms with van der Waals surface area (Å²) in [5.41, 5.74) is 0. The Hall–Kier alpha value is -1.60. The van der Waals surface area contributed by atoms with Crippen molar-refractivity contribution in [3.8, 4) is 5.75 Å². The second kappa shape index (κ2) is 7.99. The molecule has 0 aromatic heterocycles. The van der Waals surface area contributed by atoms with Gasteiger partial charge in [-0.15, -0.1) is 0 Å². The van der Waals surface area contributed by atoms with E-state index in [0.29, 0.717) is 12.3 Å². The number of ether oxygens (including phenoxy) is 2. The number of hydrogen-bond acceptors (Lipinski definition) is 6. The molecule has 0 amide bonds. The van der Waals surface area contributed by atoms with Gasteiger partial charge in [0.15, 0.2) is 9.84 Å². The number of sulfone groups is 1. The molecule has 0 bridgehead atoms. The van der Waals surface area contributed by atoms with Crippen molar-refractivity contribution in [2.24, 2.45) is 0 Å². The summed E-state index contributed by atoms with van der Waals surface area (Å²) >= 11 is 0. The van der Waals surface area contributed by atoms with Gasteiger partial charge in [0.05, 0.1) is 12.0 Å². The minimum Gasteiger partial charge on any atom is -0.491 e. The molecule has 1 aromatic carbocycles.